The van der Waals surface area contributed by atoms with E-state index in [9.17, 15) is 0 Å². The van der Waals surface area contributed by atoms with E-state index in [1.807, 2.05) is 0 Å². The van der Waals surface area contributed by atoms with Gasteiger partial charge in [0, 0.05) is 0 Å². The van der Waals surface area contributed by atoms with Crippen LogP contribution in [0.5, 0.6) is 0 Å². The van der Waals surface area contributed by atoms with Crippen LogP contribution in [0.25, 0.3) is 16.7 Å². The predicted octanol–water partition coefficient (Wildman–Crippen LogP) is 7.78. The van der Waals surface area contributed by atoms with Gasteiger partial charge in [-0.1, -0.05) is 80.5 Å². The van der Waals surface area contributed by atoms with Crippen LogP contribution in [0.4, 0.5) is 0 Å². The largest absolute Gasteiger partial charge is 0.0654 e. The van der Waals surface area contributed by atoms with Gasteiger partial charge >= 0.3 is 0 Å². The third-order valence-corrected chi connectivity index (χ3v) is 6.39. The Morgan fingerprint density at radius 2 is 1.54 bits per heavy atom. The highest BCUT2D eigenvalue weighted by atomic mass is 14.3. The number of unbranched alkanes of at least 4 members (excludes halogenated alkanes) is 5. The molecule has 0 saturated carbocycles. The van der Waals surface area contributed by atoms with Crippen LogP contribution < -0.4 is 0 Å². The average Bonchev–Trinajstić information content (AvgIpc) is 2.97. The van der Waals surface area contributed by atoms with Crippen LogP contribution in [0.15, 0.2) is 35.9 Å². The summed E-state index contributed by atoms with van der Waals surface area (Å²) in [5.41, 5.74) is 13.8. The smallest absolute Gasteiger partial charge is 0.00645 e. The lowest BCUT2D eigenvalue weighted by Crippen LogP contribution is -2.06. The normalized spacial score (nSPS) is 14.6. The summed E-state index contributed by atoms with van der Waals surface area (Å²) in [7, 11) is 0. The van der Waals surface area contributed by atoms with Gasteiger partial charge in [-0.25, -0.2) is 0 Å². The summed E-state index contributed by atoms with van der Waals surface area (Å²) in [5.74, 6) is 0. The fourth-order valence-corrected chi connectivity index (χ4v) is 4.96. The highest BCUT2D eigenvalue weighted by molar-refractivity contribution is 6.04. The minimum atomic E-state index is 1.23. The van der Waals surface area contributed by atoms with Crippen molar-refractivity contribution in [3.05, 3.63) is 63.7 Å². The maximum atomic E-state index is 2.43. The second-order valence-electron chi connectivity index (χ2n) is 8.33. The van der Waals surface area contributed by atoms with Crippen LogP contribution in [0.3, 0.4) is 0 Å². The number of benzene rings is 2. The first-order valence-electron chi connectivity index (χ1n) is 10.7. The Labute approximate surface area is 159 Å². The van der Waals surface area contributed by atoms with E-state index in [0.29, 0.717) is 0 Å². The van der Waals surface area contributed by atoms with Crippen molar-refractivity contribution in [1.82, 2.24) is 0 Å². The number of aryl methyl sites for hydroxylation is 2. The SMILES string of the molecule is CCCCCCCCC1=C2c3cc(C)ccc3-c3ccc(C)c(c32)CC1. The molecule has 0 fully saturated rings. The number of fused-ring (bicyclic) bond motifs is 3. The van der Waals surface area contributed by atoms with Gasteiger partial charge in [0.1, 0.15) is 0 Å². The summed E-state index contributed by atoms with van der Waals surface area (Å²) in [4.78, 5) is 0. The molecule has 26 heavy (non-hydrogen) atoms. The van der Waals surface area contributed by atoms with Crippen LogP contribution in [-0.4, -0.2) is 0 Å². The molecular weight excluding hydrogens is 312 g/mol. The van der Waals surface area contributed by atoms with E-state index in [4.69, 9.17) is 0 Å². The van der Waals surface area contributed by atoms with Crippen LogP contribution in [0, 0.1) is 13.8 Å². The fraction of sp³-hybridized carbons (Fsp3) is 0.462. The monoisotopic (exact) mass is 344 g/mol. The van der Waals surface area contributed by atoms with Crippen molar-refractivity contribution < 1.29 is 0 Å². The maximum absolute atomic E-state index is 2.43. The summed E-state index contributed by atoms with van der Waals surface area (Å²) in [6.07, 6.45) is 12.1. The van der Waals surface area contributed by atoms with E-state index < -0.39 is 0 Å². The maximum Gasteiger partial charge on any atom is -0.00645 e. The quantitative estimate of drug-likeness (QED) is 0.384. The molecule has 2 aromatic carbocycles. The Balaban J connectivity index is 1.67. The van der Waals surface area contributed by atoms with Gasteiger partial charge in [0.05, 0.1) is 0 Å². The lowest BCUT2D eigenvalue weighted by Gasteiger charge is -2.23. The van der Waals surface area contributed by atoms with Gasteiger partial charge in [-0.2, -0.15) is 0 Å². The molecule has 0 saturated heterocycles. The second-order valence-corrected chi connectivity index (χ2v) is 8.33. The topological polar surface area (TPSA) is 0 Å². The molecule has 136 valence electrons. The number of rotatable bonds is 7. The van der Waals surface area contributed by atoms with E-state index in [0.717, 1.165) is 0 Å². The third-order valence-electron chi connectivity index (χ3n) is 6.39. The summed E-state index contributed by atoms with van der Waals surface area (Å²) in [5, 5.41) is 0. The van der Waals surface area contributed by atoms with E-state index >= 15 is 0 Å². The van der Waals surface area contributed by atoms with Crippen molar-refractivity contribution in [2.75, 3.05) is 0 Å². The van der Waals surface area contributed by atoms with Gasteiger partial charge in [0.2, 0.25) is 0 Å². The summed E-state index contributed by atoms with van der Waals surface area (Å²) < 4.78 is 0. The minimum absolute atomic E-state index is 1.23. The molecule has 0 N–H and O–H groups in total. The Morgan fingerprint density at radius 3 is 2.38 bits per heavy atom. The third kappa shape index (κ3) is 3.04. The molecule has 4 rings (SSSR count). The molecular formula is C26H32. The zero-order valence-electron chi connectivity index (χ0n) is 16.8. The van der Waals surface area contributed by atoms with Crippen LogP contribution in [-0.2, 0) is 6.42 Å². The highest BCUT2D eigenvalue weighted by Crippen LogP contribution is 2.51. The zero-order chi connectivity index (χ0) is 18.1. The second kappa shape index (κ2) is 7.43. The molecule has 0 radical (unpaired) electrons. The van der Waals surface area contributed by atoms with Crippen molar-refractivity contribution >= 4 is 5.57 Å². The molecule has 2 aliphatic rings. The average molecular weight is 345 g/mol. The Kier molecular flexibility index (Phi) is 5.02. The molecule has 0 aromatic heterocycles. The first kappa shape index (κ1) is 17.6. The Morgan fingerprint density at radius 1 is 0.769 bits per heavy atom. The van der Waals surface area contributed by atoms with Gasteiger partial charge < -0.3 is 0 Å². The summed E-state index contributed by atoms with van der Waals surface area (Å²) >= 11 is 0. The van der Waals surface area contributed by atoms with Crippen molar-refractivity contribution in [2.24, 2.45) is 0 Å². The van der Waals surface area contributed by atoms with E-state index in [1.165, 1.54) is 85.6 Å². The van der Waals surface area contributed by atoms with Gasteiger partial charge in [0.25, 0.3) is 0 Å². The molecule has 0 unspecified atom stereocenters. The van der Waals surface area contributed by atoms with E-state index in [1.54, 1.807) is 22.3 Å². The summed E-state index contributed by atoms with van der Waals surface area (Å²) in [6, 6.07) is 11.7. The van der Waals surface area contributed by atoms with Gasteiger partial charge in [-0.15, -0.1) is 0 Å². The first-order valence-corrected chi connectivity index (χ1v) is 10.7. The molecule has 0 amide bonds. The molecule has 0 aliphatic heterocycles. The van der Waals surface area contributed by atoms with E-state index in [-0.39, 0.29) is 0 Å². The van der Waals surface area contributed by atoms with Gasteiger partial charge in [0.15, 0.2) is 0 Å². The molecule has 0 spiro atoms. The van der Waals surface area contributed by atoms with Crippen LogP contribution >= 0.6 is 0 Å². The molecule has 0 heteroatoms. The van der Waals surface area contributed by atoms with Crippen molar-refractivity contribution in [2.45, 2.75) is 78.6 Å². The molecule has 0 atom stereocenters. The molecule has 0 nitrogen and oxygen atoms in total. The van der Waals surface area contributed by atoms with Crippen molar-refractivity contribution in [1.29, 1.82) is 0 Å². The first-order chi connectivity index (χ1) is 12.7. The Hall–Kier alpha value is -1.82. The lowest BCUT2D eigenvalue weighted by atomic mass is 9.81. The van der Waals surface area contributed by atoms with Gasteiger partial charge in [-0.05, 0) is 78.5 Å². The molecule has 2 aliphatic carbocycles. The highest BCUT2D eigenvalue weighted by Gasteiger charge is 2.31. The lowest BCUT2D eigenvalue weighted by molar-refractivity contribution is 0.601. The predicted molar refractivity (Wildman–Crippen MR) is 114 cm³/mol. The zero-order valence-corrected chi connectivity index (χ0v) is 16.8. The van der Waals surface area contributed by atoms with E-state index in [2.05, 4.69) is 51.1 Å². The van der Waals surface area contributed by atoms with Crippen LogP contribution in [0.2, 0.25) is 0 Å². The van der Waals surface area contributed by atoms with Crippen molar-refractivity contribution in [3.8, 4) is 11.1 Å². The number of hydrogen-bond acceptors (Lipinski definition) is 0. The fourth-order valence-electron chi connectivity index (χ4n) is 4.96. The molecule has 0 heterocycles. The van der Waals surface area contributed by atoms with Gasteiger partial charge in [-0.3, -0.25) is 0 Å². The number of allylic oxidation sites excluding steroid dienone is 1. The van der Waals surface area contributed by atoms with Crippen LogP contribution in [0.1, 0.15) is 86.1 Å². The minimum Gasteiger partial charge on any atom is -0.0654 e. The Bertz CT molecular complexity index is 851. The number of hydrogen-bond donors (Lipinski definition) is 0. The molecule has 2 aromatic rings. The van der Waals surface area contributed by atoms with Crippen molar-refractivity contribution in [3.63, 3.8) is 0 Å². The summed E-state index contributed by atoms with van der Waals surface area (Å²) in [6.45, 7) is 6.82. The standard InChI is InChI=1S/C26H32/c1-4-5-6-7-8-9-10-20-13-16-21-19(3)12-15-23-22-14-11-18(2)17-24(22)25(20)26(21)23/h11-12,14-15,17H,4-10,13,16H2,1-3H3. The molecule has 0 bridgehead atoms.